The second-order valence-electron chi connectivity index (χ2n) is 10.7. The molecule has 3 saturated heterocycles. The number of hydrogen-bond acceptors (Lipinski definition) is 19. The fraction of sp³-hybridized carbons (Fsp3) is 0.950. The summed E-state index contributed by atoms with van der Waals surface area (Å²) in [6, 6.07) is -3.79. The number of hydrogen-bond donors (Lipinski definition) is 11. The number of carbonyl (C=O) groups is 1. The van der Waals surface area contributed by atoms with Gasteiger partial charge in [0.05, 0.1) is 25.4 Å². The van der Waals surface area contributed by atoms with Gasteiger partial charge in [-0.2, -0.15) is 34.7 Å². The Kier molecular flexibility index (Phi) is 13.6. The molecule has 0 aromatic heterocycles. The maximum atomic E-state index is 12.3. The summed E-state index contributed by atoms with van der Waals surface area (Å²) in [5.41, 5.74) is 0. The summed E-state index contributed by atoms with van der Waals surface area (Å²) in [5, 5.41) is 62.3. The van der Waals surface area contributed by atoms with E-state index in [2.05, 4.69) is 4.18 Å². The van der Waals surface area contributed by atoms with E-state index < -0.39 is 142 Å². The van der Waals surface area contributed by atoms with Crippen LogP contribution in [-0.2, 0) is 68.4 Å². The van der Waals surface area contributed by atoms with Crippen LogP contribution in [0.1, 0.15) is 6.92 Å². The smallest absolute Gasteiger partial charge is 0.397 e. The van der Waals surface area contributed by atoms with Gasteiger partial charge < -0.3 is 59.1 Å². The third-order valence-corrected chi connectivity index (χ3v) is 9.03. The number of carboxylic acid groups (broad SMARTS) is 1. The zero-order valence-corrected chi connectivity index (χ0v) is 27.0. The van der Waals surface area contributed by atoms with Crippen LogP contribution in [0, 0.1) is 0 Å². The Bertz CT molecular complexity index is 1430. The van der Waals surface area contributed by atoms with Crippen molar-refractivity contribution in [2.24, 2.45) is 0 Å². The molecule has 3 aliphatic rings. The number of ether oxygens (including phenoxy) is 6. The van der Waals surface area contributed by atoms with Gasteiger partial charge in [-0.05, 0) is 6.92 Å². The number of aliphatic hydroxyl groups is 5. The Morgan fingerprint density at radius 3 is 1.69 bits per heavy atom. The average Bonchev–Trinajstić information content (AvgIpc) is 2.95. The molecule has 0 aromatic carbocycles. The van der Waals surface area contributed by atoms with Gasteiger partial charge in [0.1, 0.15) is 54.9 Å². The molecule has 0 saturated carbocycles. The molecule has 3 heterocycles. The lowest BCUT2D eigenvalue weighted by molar-refractivity contribution is -0.353. The van der Waals surface area contributed by atoms with Crippen LogP contribution in [-0.4, -0.2) is 188 Å². The number of carboxylic acids is 1. The lowest BCUT2D eigenvalue weighted by Crippen LogP contribution is -2.69. The van der Waals surface area contributed by atoms with E-state index in [-0.39, 0.29) is 0 Å². The molecular weight excluding hydrogens is 732 g/mol. The molecule has 0 aliphatic carbocycles. The minimum absolute atomic E-state index is 0.922. The van der Waals surface area contributed by atoms with Crippen LogP contribution in [0.5, 0.6) is 0 Å². The van der Waals surface area contributed by atoms with Crippen molar-refractivity contribution in [2.75, 3.05) is 20.3 Å². The summed E-state index contributed by atoms with van der Waals surface area (Å²) in [4.78, 5) is 12.3. The molecule has 0 aromatic rings. The van der Waals surface area contributed by atoms with E-state index >= 15 is 0 Å². The molecular formula is C20H36N2O23S3. The topological polar surface area (TPSA) is 390 Å². The average molecular weight is 769 g/mol. The molecule has 0 spiro atoms. The lowest BCUT2D eigenvalue weighted by atomic mass is 9.93. The number of nitrogens with one attached hydrogen (secondary N) is 2. The van der Waals surface area contributed by atoms with Crippen LogP contribution in [0.25, 0.3) is 0 Å². The standard InChI is InChI=1S/C20H36N2O23S3/c1-5-8(21-46(30,31)32)10(25)14(7(4-24)40-5)42-20-16(45-48(36,37)38)12(27)15(17(44-20)18(28)29)43-19-9(22-47(33,34)35)11(26)13(39-2)6(3-23)41-19/h5-17,19-27H,3-4H2,1-2H3,(H,28,29)(H,30,31,32)(H,33,34,35)(H,36,37,38)/t5-,6?,7?,8+,9?,10?,11+,12?,13+,14+,15-,16-,17?,19-,20+/m0/s1. The molecule has 282 valence electrons. The molecule has 0 radical (unpaired) electrons. The van der Waals surface area contributed by atoms with Crippen molar-refractivity contribution in [3.63, 3.8) is 0 Å². The Morgan fingerprint density at radius 1 is 0.708 bits per heavy atom. The van der Waals surface area contributed by atoms with Gasteiger partial charge in [0.2, 0.25) is 0 Å². The van der Waals surface area contributed by atoms with Crippen LogP contribution in [0.15, 0.2) is 0 Å². The van der Waals surface area contributed by atoms with E-state index in [4.69, 9.17) is 28.4 Å². The highest BCUT2D eigenvalue weighted by Gasteiger charge is 2.57. The molecule has 25 nitrogen and oxygen atoms in total. The maximum absolute atomic E-state index is 12.3. The highest BCUT2D eigenvalue weighted by molar-refractivity contribution is 7.84. The summed E-state index contributed by atoms with van der Waals surface area (Å²) in [7, 11) is -14.8. The highest BCUT2D eigenvalue weighted by atomic mass is 32.3. The van der Waals surface area contributed by atoms with Crippen molar-refractivity contribution >= 4 is 37.0 Å². The fourth-order valence-corrected chi connectivity index (χ4v) is 7.16. The second-order valence-corrected chi connectivity index (χ2v) is 14.1. The predicted molar refractivity (Wildman–Crippen MR) is 145 cm³/mol. The van der Waals surface area contributed by atoms with E-state index in [1.54, 1.807) is 9.44 Å². The maximum Gasteiger partial charge on any atom is 0.397 e. The minimum Gasteiger partial charge on any atom is -0.479 e. The van der Waals surface area contributed by atoms with Crippen molar-refractivity contribution < 1.29 is 107 Å². The lowest BCUT2D eigenvalue weighted by Gasteiger charge is -2.49. The Morgan fingerprint density at radius 2 is 1.21 bits per heavy atom. The van der Waals surface area contributed by atoms with Gasteiger partial charge in [0, 0.05) is 7.11 Å². The first kappa shape index (κ1) is 41.1. The number of aliphatic hydroxyl groups excluding tert-OH is 5. The zero-order chi connectivity index (χ0) is 36.5. The molecule has 28 heteroatoms. The van der Waals surface area contributed by atoms with Crippen LogP contribution >= 0.6 is 0 Å². The van der Waals surface area contributed by atoms with Crippen molar-refractivity contribution in [3.8, 4) is 0 Å². The first-order valence-electron chi connectivity index (χ1n) is 13.5. The largest absolute Gasteiger partial charge is 0.479 e. The minimum atomic E-state index is -5.60. The molecule has 6 unspecified atom stereocenters. The zero-order valence-electron chi connectivity index (χ0n) is 24.5. The van der Waals surface area contributed by atoms with Crippen molar-refractivity contribution in [3.05, 3.63) is 0 Å². The summed E-state index contributed by atoms with van der Waals surface area (Å²) >= 11 is 0. The molecule has 48 heavy (non-hydrogen) atoms. The van der Waals surface area contributed by atoms with Gasteiger partial charge in [-0.1, -0.05) is 0 Å². The number of methoxy groups -OCH3 is 1. The van der Waals surface area contributed by atoms with Gasteiger partial charge in [-0.3, -0.25) is 13.7 Å². The Labute approximate surface area is 272 Å². The van der Waals surface area contributed by atoms with Gasteiger partial charge >= 0.3 is 37.0 Å². The molecule has 3 rings (SSSR count). The third-order valence-electron chi connectivity index (χ3n) is 7.42. The van der Waals surface area contributed by atoms with E-state index in [0.29, 0.717) is 0 Å². The monoisotopic (exact) mass is 768 g/mol. The normalized spacial score (nSPS) is 41.6. The number of aliphatic carboxylic acids is 1. The quantitative estimate of drug-likeness (QED) is 0.0731. The molecule has 0 bridgehead atoms. The van der Waals surface area contributed by atoms with Crippen LogP contribution in [0.2, 0.25) is 0 Å². The SMILES string of the molecule is CO[C@@H]1C(CO)O[C@@H](O[C@@H]2C(C(=O)O)O[C@@H](O[C@@H]3C(CO)O[C@@H](C)[C@@H](NS(=O)(=O)O)C3O)[C@@H](OS(=O)(=O)O)C2O)C(NS(=O)(=O)O)[C@H]1O. The predicted octanol–water partition coefficient (Wildman–Crippen LogP) is -7.13. The first-order valence-corrected chi connectivity index (χ1v) is 17.7. The Balaban J connectivity index is 2.02. The third kappa shape index (κ3) is 10.1. The summed E-state index contributed by atoms with van der Waals surface area (Å²) < 4.78 is 137. The van der Waals surface area contributed by atoms with Crippen molar-refractivity contribution in [1.82, 2.24) is 9.44 Å². The van der Waals surface area contributed by atoms with Gasteiger partial charge in [0.25, 0.3) is 0 Å². The van der Waals surface area contributed by atoms with E-state index in [0.717, 1.165) is 7.11 Å². The van der Waals surface area contributed by atoms with Crippen LogP contribution < -0.4 is 9.44 Å². The van der Waals surface area contributed by atoms with Gasteiger partial charge in [-0.25, -0.2) is 8.98 Å². The molecule has 3 fully saturated rings. The molecule has 3 aliphatic heterocycles. The second kappa shape index (κ2) is 15.9. The Hall–Kier alpha value is -1.36. The van der Waals surface area contributed by atoms with Crippen molar-refractivity contribution in [1.29, 1.82) is 0 Å². The number of rotatable bonds is 14. The summed E-state index contributed by atoms with van der Waals surface area (Å²) in [5.74, 6) is -2.00. The highest BCUT2D eigenvalue weighted by Crippen LogP contribution is 2.34. The van der Waals surface area contributed by atoms with Crippen LogP contribution in [0.3, 0.4) is 0 Å². The molecule has 0 amide bonds. The van der Waals surface area contributed by atoms with Crippen molar-refractivity contribution in [2.45, 2.75) is 98.7 Å². The molecule has 11 N–H and O–H groups in total. The van der Waals surface area contributed by atoms with E-state index in [1.807, 2.05) is 0 Å². The fourth-order valence-electron chi connectivity index (χ4n) is 5.40. The molecule has 15 atom stereocenters. The van der Waals surface area contributed by atoms with E-state index in [1.165, 1.54) is 6.92 Å². The van der Waals surface area contributed by atoms with Gasteiger partial charge in [0.15, 0.2) is 24.8 Å². The van der Waals surface area contributed by atoms with E-state index in [9.17, 15) is 74.3 Å². The summed E-state index contributed by atoms with van der Waals surface area (Å²) in [6.07, 6.45) is -26.6. The van der Waals surface area contributed by atoms with Crippen LogP contribution in [0.4, 0.5) is 0 Å². The summed E-state index contributed by atoms with van der Waals surface area (Å²) in [6.45, 7) is -0.687. The first-order chi connectivity index (χ1) is 22.0. The van der Waals surface area contributed by atoms with Gasteiger partial charge in [-0.15, -0.1) is 0 Å².